The van der Waals surface area contributed by atoms with Gasteiger partial charge in [0.25, 0.3) is 0 Å². The number of hydrogen-bond donors (Lipinski definition) is 1. The number of likely N-dealkylation sites (N-methyl/N-ethyl adjacent to an activating group) is 1. The van der Waals surface area contributed by atoms with Crippen molar-refractivity contribution in [2.75, 3.05) is 11.9 Å². The molecule has 0 saturated heterocycles. The van der Waals surface area contributed by atoms with E-state index in [1.54, 1.807) is 50.3 Å². The highest BCUT2D eigenvalue weighted by molar-refractivity contribution is 5.92. The number of rotatable bonds is 6. The van der Waals surface area contributed by atoms with Crippen LogP contribution in [0, 0.1) is 0 Å². The highest BCUT2D eigenvalue weighted by atomic mass is 19.4. The molecule has 0 aliphatic heterocycles. The largest absolute Gasteiger partial charge is 0.416 e. The Morgan fingerprint density at radius 3 is 2.34 bits per heavy atom. The Morgan fingerprint density at radius 1 is 1.14 bits per heavy atom. The summed E-state index contributed by atoms with van der Waals surface area (Å²) in [7, 11) is 0. The fourth-order valence-corrected chi connectivity index (χ4v) is 2.92. The van der Waals surface area contributed by atoms with Gasteiger partial charge in [0.2, 0.25) is 11.8 Å². The van der Waals surface area contributed by atoms with Crippen LogP contribution in [-0.4, -0.2) is 23.3 Å². The van der Waals surface area contributed by atoms with Crippen LogP contribution in [0.3, 0.4) is 0 Å². The molecule has 4 nitrogen and oxygen atoms in total. The molecule has 0 bridgehead atoms. The zero-order chi connectivity index (χ0) is 21.6. The first-order valence-electron chi connectivity index (χ1n) is 9.15. The summed E-state index contributed by atoms with van der Waals surface area (Å²) in [6, 6.07) is 11.4. The molecule has 2 aromatic carbocycles. The van der Waals surface area contributed by atoms with Crippen LogP contribution < -0.4 is 5.32 Å². The second-order valence-electron chi connectivity index (χ2n) is 6.56. The Labute approximate surface area is 168 Å². The normalized spacial score (nSPS) is 12.6. The molecule has 7 heteroatoms. The number of anilines is 1. The number of alkyl halides is 3. The summed E-state index contributed by atoms with van der Waals surface area (Å²) in [4.78, 5) is 25.2. The van der Waals surface area contributed by atoms with Crippen LogP contribution in [0.25, 0.3) is 6.08 Å². The lowest BCUT2D eigenvalue weighted by Crippen LogP contribution is -2.32. The van der Waals surface area contributed by atoms with E-state index in [1.165, 1.54) is 24.0 Å². The van der Waals surface area contributed by atoms with Gasteiger partial charge in [0, 0.05) is 25.2 Å². The number of hydrogen-bond acceptors (Lipinski definition) is 2. The van der Waals surface area contributed by atoms with Gasteiger partial charge in [-0.15, -0.1) is 0 Å². The quantitative estimate of drug-likeness (QED) is 0.666. The predicted octanol–water partition coefficient (Wildman–Crippen LogP) is 5.29. The number of benzene rings is 2. The SMILES string of the molecule is CCN(C(=O)/C=C/c1ccc(NC(C)=O)cc1)C(C)c1cccc(C(F)(F)F)c1. The van der Waals surface area contributed by atoms with E-state index in [9.17, 15) is 22.8 Å². The Hall–Kier alpha value is -3.09. The lowest BCUT2D eigenvalue weighted by molar-refractivity contribution is -0.137. The molecule has 0 saturated carbocycles. The highest BCUT2D eigenvalue weighted by Gasteiger charge is 2.31. The van der Waals surface area contributed by atoms with Crippen molar-refractivity contribution in [2.24, 2.45) is 0 Å². The number of carbonyl (C=O) groups is 2. The smallest absolute Gasteiger partial charge is 0.333 e. The van der Waals surface area contributed by atoms with E-state index >= 15 is 0 Å². The Bertz CT molecular complexity index is 890. The summed E-state index contributed by atoms with van der Waals surface area (Å²) < 4.78 is 38.9. The van der Waals surface area contributed by atoms with Gasteiger partial charge >= 0.3 is 6.18 Å². The number of nitrogens with zero attached hydrogens (tertiary/aromatic N) is 1. The third-order valence-electron chi connectivity index (χ3n) is 4.44. The second-order valence-corrected chi connectivity index (χ2v) is 6.56. The van der Waals surface area contributed by atoms with E-state index in [1.807, 2.05) is 0 Å². The van der Waals surface area contributed by atoms with E-state index in [0.29, 0.717) is 17.8 Å². The Balaban J connectivity index is 2.13. The average Bonchev–Trinajstić information content (AvgIpc) is 2.67. The predicted molar refractivity (Wildman–Crippen MR) is 107 cm³/mol. The summed E-state index contributed by atoms with van der Waals surface area (Å²) >= 11 is 0. The molecule has 0 spiro atoms. The maximum atomic E-state index is 13.0. The molecule has 1 N–H and O–H groups in total. The van der Waals surface area contributed by atoms with E-state index < -0.39 is 17.8 Å². The molecule has 0 heterocycles. The molecule has 2 rings (SSSR count). The first-order valence-corrected chi connectivity index (χ1v) is 9.15. The van der Waals surface area contributed by atoms with Crippen molar-refractivity contribution < 1.29 is 22.8 Å². The minimum atomic E-state index is -4.43. The van der Waals surface area contributed by atoms with Crippen molar-refractivity contribution in [3.63, 3.8) is 0 Å². The van der Waals surface area contributed by atoms with Crippen molar-refractivity contribution in [3.05, 3.63) is 71.3 Å². The van der Waals surface area contributed by atoms with Crippen LogP contribution in [0.15, 0.2) is 54.6 Å². The molecular formula is C22H23F3N2O2. The Morgan fingerprint density at radius 2 is 1.79 bits per heavy atom. The second kappa shape index (κ2) is 9.41. The highest BCUT2D eigenvalue weighted by Crippen LogP contribution is 2.32. The molecule has 0 radical (unpaired) electrons. The molecule has 0 aliphatic carbocycles. The summed E-state index contributed by atoms with van der Waals surface area (Å²) in [6.07, 6.45) is -1.41. The molecule has 1 atom stereocenters. The van der Waals surface area contributed by atoms with Gasteiger partial charge in [-0.2, -0.15) is 13.2 Å². The maximum Gasteiger partial charge on any atom is 0.416 e. The van der Waals surface area contributed by atoms with Gasteiger partial charge in [-0.3, -0.25) is 9.59 Å². The molecule has 1 unspecified atom stereocenters. The van der Waals surface area contributed by atoms with Crippen molar-refractivity contribution in [1.29, 1.82) is 0 Å². The van der Waals surface area contributed by atoms with Gasteiger partial charge in [-0.05, 0) is 55.3 Å². The zero-order valence-electron chi connectivity index (χ0n) is 16.5. The fourth-order valence-electron chi connectivity index (χ4n) is 2.92. The van der Waals surface area contributed by atoms with Crippen molar-refractivity contribution in [2.45, 2.75) is 33.0 Å². The van der Waals surface area contributed by atoms with E-state index in [2.05, 4.69) is 5.32 Å². The molecule has 2 aromatic rings. The fraction of sp³-hybridized carbons (Fsp3) is 0.273. The van der Waals surface area contributed by atoms with Crippen LogP contribution in [0.1, 0.15) is 43.5 Å². The molecule has 29 heavy (non-hydrogen) atoms. The molecular weight excluding hydrogens is 381 g/mol. The molecule has 154 valence electrons. The third-order valence-corrected chi connectivity index (χ3v) is 4.44. The molecule has 0 aliphatic rings. The van der Waals surface area contributed by atoms with E-state index in [-0.39, 0.29) is 11.8 Å². The maximum absolute atomic E-state index is 13.0. The van der Waals surface area contributed by atoms with E-state index in [0.717, 1.165) is 17.7 Å². The molecule has 0 fully saturated rings. The van der Waals surface area contributed by atoms with Crippen molar-refractivity contribution in [3.8, 4) is 0 Å². The first-order chi connectivity index (χ1) is 13.6. The van der Waals surface area contributed by atoms with E-state index in [4.69, 9.17) is 0 Å². The number of amides is 2. The minimum absolute atomic E-state index is 0.175. The zero-order valence-corrected chi connectivity index (χ0v) is 16.5. The monoisotopic (exact) mass is 404 g/mol. The standard InChI is InChI=1S/C22H23F3N2O2/c1-4-27(15(2)18-6-5-7-19(14-18)22(23,24)25)21(29)13-10-17-8-11-20(12-9-17)26-16(3)28/h5-15H,4H2,1-3H3,(H,26,28)/b13-10+. The Kier molecular flexibility index (Phi) is 7.20. The molecule has 0 aromatic heterocycles. The van der Waals surface area contributed by atoms with Gasteiger partial charge in [-0.25, -0.2) is 0 Å². The summed E-state index contributed by atoms with van der Waals surface area (Å²) in [5.74, 6) is -0.478. The minimum Gasteiger partial charge on any atom is -0.333 e. The van der Waals surface area contributed by atoms with Crippen LogP contribution in [-0.2, 0) is 15.8 Å². The molecule has 2 amide bonds. The van der Waals surface area contributed by atoms with Crippen LogP contribution in [0.5, 0.6) is 0 Å². The average molecular weight is 404 g/mol. The number of carbonyl (C=O) groups excluding carboxylic acids is 2. The van der Waals surface area contributed by atoms with Gasteiger partial charge in [0.1, 0.15) is 0 Å². The summed E-state index contributed by atoms with van der Waals surface area (Å²) in [6.45, 7) is 5.24. The first kappa shape index (κ1) is 22.2. The summed E-state index contributed by atoms with van der Waals surface area (Å²) in [5, 5.41) is 2.65. The lowest BCUT2D eigenvalue weighted by atomic mass is 10.0. The number of nitrogens with one attached hydrogen (secondary N) is 1. The van der Waals surface area contributed by atoms with Crippen LogP contribution in [0.4, 0.5) is 18.9 Å². The number of halogens is 3. The van der Waals surface area contributed by atoms with Crippen LogP contribution in [0.2, 0.25) is 0 Å². The van der Waals surface area contributed by atoms with Gasteiger partial charge < -0.3 is 10.2 Å². The van der Waals surface area contributed by atoms with Crippen molar-refractivity contribution in [1.82, 2.24) is 4.90 Å². The van der Waals surface area contributed by atoms with Gasteiger partial charge in [-0.1, -0.05) is 24.3 Å². The van der Waals surface area contributed by atoms with Gasteiger partial charge in [0.15, 0.2) is 0 Å². The topological polar surface area (TPSA) is 49.4 Å². The van der Waals surface area contributed by atoms with Gasteiger partial charge in [0.05, 0.1) is 11.6 Å². The summed E-state index contributed by atoms with van der Waals surface area (Å²) in [5.41, 5.74) is 1.09. The lowest BCUT2D eigenvalue weighted by Gasteiger charge is -2.28. The van der Waals surface area contributed by atoms with Crippen LogP contribution >= 0.6 is 0 Å². The third kappa shape index (κ3) is 6.20. The van der Waals surface area contributed by atoms with Crippen molar-refractivity contribution >= 4 is 23.6 Å².